The van der Waals surface area contributed by atoms with Crippen molar-refractivity contribution in [3.63, 3.8) is 0 Å². The van der Waals surface area contributed by atoms with Crippen LogP contribution in [0.25, 0.3) is 0 Å². The van der Waals surface area contributed by atoms with Crippen molar-refractivity contribution in [2.45, 2.75) is 25.7 Å². The van der Waals surface area contributed by atoms with Gasteiger partial charge in [0.25, 0.3) is 0 Å². The molecular formula is C12H17FN2O2S. The van der Waals surface area contributed by atoms with E-state index in [0.29, 0.717) is 5.56 Å². The molecule has 0 aliphatic heterocycles. The molecule has 0 saturated heterocycles. The van der Waals surface area contributed by atoms with E-state index in [2.05, 4.69) is 4.72 Å². The zero-order chi connectivity index (χ0) is 13.9. The number of nitrogens with two attached hydrogens (primary N) is 1. The number of hydrogen-bond acceptors (Lipinski definition) is 3. The first-order chi connectivity index (χ1) is 8.24. The number of allylic oxidation sites excluding steroid dienone is 1. The van der Waals surface area contributed by atoms with Gasteiger partial charge in [-0.2, -0.15) is 0 Å². The van der Waals surface area contributed by atoms with Gasteiger partial charge in [-0.25, -0.2) is 17.5 Å². The van der Waals surface area contributed by atoms with Crippen LogP contribution in [0, 0.1) is 12.7 Å². The molecule has 0 radical (unpaired) electrons. The molecule has 0 spiro atoms. The number of nitrogens with one attached hydrogen (secondary N) is 1. The number of nitrogen functional groups attached to an aromatic ring is 1. The Morgan fingerprint density at radius 3 is 2.61 bits per heavy atom. The van der Waals surface area contributed by atoms with Crippen molar-refractivity contribution in [1.82, 2.24) is 4.72 Å². The first-order valence-corrected chi connectivity index (χ1v) is 6.91. The van der Waals surface area contributed by atoms with Gasteiger partial charge in [0.1, 0.15) is 10.7 Å². The van der Waals surface area contributed by atoms with Crippen LogP contribution in [0.3, 0.4) is 0 Å². The predicted molar refractivity (Wildman–Crippen MR) is 70.2 cm³/mol. The van der Waals surface area contributed by atoms with E-state index in [1.165, 1.54) is 0 Å². The number of aryl methyl sites for hydroxylation is 1. The number of hydrogen-bond donors (Lipinski definition) is 2. The molecule has 0 fully saturated rings. The third-order valence-corrected chi connectivity index (χ3v) is 3.83. The molecule has 18 heavy (non-hydrogen) atoms. The van der Waals surface area contributed by atoms with Crippen molar-refractivity contribution in [3.8, 4) is 0 Å². The smallest absolute Gasteiger partial charge is 0.243 e. The molecule has 0 amide bonds. The van der Waals surface area contributed by atoms with E-state index in [-0.39, 0.29) is 12.2 Å². The van der Waals surface area contributed by atoms with Gasteiger partial charge in [0.15, 0.2) is 0 Å². The molecule has 0 saturated carbocycles. The molecule has 0 aliphatic carbocycles. The second kappa shape index (κ2) is 5.49. The van der Waals surface area contributed by atoms with Gasteiger partial charge in [-0.3, -0.25) is 0 Å². The van der Waals surface area contributed by atoms with Crippen LogP contribution in [-0.4, -0.2) is 15.0 Å². The van der Waals surface area contributed by atoms with Gasteiger partial charge < -0.3 is 5.73 Å². The molecule has 1 aromatic carbocycles. The van der Waals surface area contributed by atoms with Crippen LogP contribution >= 0.6 is 0 Å². The van der Waals surface area contributed by atoms with Crippen molar-refractivity contribution in [2.75, 3.05) is 12.3 Å². The maximum Gasteiger partial charge on any atom is 0.243 e. The summed E-state index contributed by atoms with van der Waals surface area (Å²) in [7, 11) is -3.88. The van der Waals surface area contributed by atoms with Crippen molar-refractivity contribution >= 4 is 15.7 Å². The fourth-order valence-corrected chi connectivity index (χ4v) is 2.36. The lowest BCUT2D eigenvalue weighted by atomic mass is 10.2. The number of anilines is 1. The predicted octanol–water partition coefficient (Wildman–Crippen LogP) is 1.96. The lowest BCUT2D eigenvalue weighted by Crippen LogP contribution is -2.25. The average Bonchev–Trinajstić information content (AvgIpc) is 2.22. The molecule has 0 atom stereocenters. The van der Waals surface area contributed by atoms with E-state index in [4.69, 9.17) is 5.73 Å². The number of halogens is 1. The van der Waals surface area contributed by atoms with Gasteiger partial charge >= 0.3 is 0 Å². The van der Waals surface area contributed by atoms with Crippen LogP contribution in [0.15, 0.2) is 28.7 Å². The molecule has 1 rings (SSSR count). The lowest BCUT2D eigenvalue weighted by molar-refractivity contribution is 0.559. The Balaban J connectivity index is 3.06. The normalized spacial score (nSPS) is 11.3. The van der Waals surface area contributed by atoms with Crippen LogP contribution in [0.1, 0.15) is 19.4 Å². The summed E-state index contributed by atoms with van der Waals surface area (Å²) in [6.45, 7) is 5.43. The Bertz CT molecular complexity index is 576. The highest BCUT2D eigenvalue weighted by Crippen LogP contribution is 2.21. The van der Waals surface area contributed by atoms with Crippen LogP contribution in [0.4, 0.5) is 10.1 Å². The van der Waals surface area contributed by atoms with Crippen LogP contribution in [0.2, 0.25) is 0 Å². The second-order valence-electron chi connectivity index (χ2n) is 4.27. The van der Waals surface area contributed by atoms with Gasteiger partial charge in [0.05, 0.1) is 0 Å². The monoisotopic (exact) mass is 272 g/mol. The first kappa shape index (κ1) is 14.7. The summed E-state index contributed by atoms with van der Waals surface area (Å²) in [5.74, 6) is -0.800. The Morgan fingerprint density at radius 2 is 2.06 bits per heavy atom. The minimum absolute atomic E-state index is 0.123. The van der Waals surface area contributed by atoms with Crippen molar-refractivity contribution in [2.24, 2.45) is 0 Å². The van der Waals surface area contributed by atoms with Gasteiger partial charge in [-0.15, -0.1) is 0 Å². The zero-order valence-electron chi connectivity index (χ0n) is 10.6. The third-order valence-electron chi connectivity index (χ3n) is 2.39. The topological polar surface area (TPSA) is 72.2 Å². The van der Waals surface area contributed by atoms with Crippen LogP contribution in [0.5, 0.6) is 0 Å². The van der Waals surface area contributed by atoms with Gasteiger partial charge in [0, 0.05) is 12.2 Å². The van der Waals surface area contributed by atoms with Crippen LogP contribution < -0.4 is 10.5 Å². The van der Waals surface area contributed by atoms with Crippen molar-refractivity contribution in [1.29, 1.82) is 0 Å². The summed E-state index contributed by atoms with van der Waals surface area (Å²) in [6, 6.07) is 2.25. The fourth-order valence-electron chi connectivity index (χ4n) is 1.31. The van der Waals surface area contributed by atoms with Crippen LogP contribution in [-0.2, 0) is 10.0 Å². The van der Waals surface area contributed by atoms with Crippen molar-refractivity contribution in [3.05, 3.63) is 35.2 Å². The van der Waals surface area contributed by atoms with E-state index >= 15 is 0 Å². The number of sulfonamides is 1. The third kappa shape index (κ3) is 3.54. The Labute approximate surface area is 107 Å². The summed E-state index contributed by atoms with van der Waals surface area (Å²) < 4.78 is 39.6. The minimum Gasteiger partial charge on any atom is -0.398 e. The van der Waals surface area contributed by atoms with Gasteiger partial charge in [-0.05, 0) is 38.5 Å². The van der Waals surface area contributed by atoms with E-state index in [1.807, 2.05) is 13.8 Å². The highest BCUT2D eigenvalue weighted by atomic mass is 32.2. The standard InChI is InChI=1S/C12H17FN2O2S/c1-8(2)4-5-15-18(16,17)12-7-11(14)9(3)6-10(12)13/h4,6-7,15H,5,14H2,1-3H3. The van der Waals surface area contributed by atoms with E-state index in [1.54, 1.807) is 13.0 Å². The minimum atomic E-state index is -3.88. The summed E-state index contributed by atoms with van der Waals surface area (Å²) in [5, 5.41) is 0. The van der Waals surface area contributed by atoms with Gasteiger partial charge in [0.2, 0.25) is 10.0 Å². The van der Waals surface area contributed by atoms with E-state index in [9.17, 15) is 12.8 Å². The molecule has 6 heteroatoms. The maximum atomic E-state index is 13.6. The molecule has 0 aromatic heterocycles. The highest BCUT2D eigenvalue weighted by Gasteiger charge is 2.19. The first-order valence-electron chi connectivity index (χ1n) is 5.42. The number of rotatable bonds is 4. The molecule has 0 bridgehead atoms. The molecule has 3 N–H and O–H groups in total. The van der Waals surface area contributed by atoms with Gasteiger partial charge in [-0.1, -0.05) is 11.6 Å². The Morgan fingerprint density at radius 1 is 1.44 bits per heavy atom. The largest absolute Gasteiger partial charge is 0.398 e. The zero-order valence-corrected chi connectivity index (χ0v) is 11.4. The average molecular weight is 272 g/mol. The Hall–Kier alpha value is -1.40. The second-order valence-corrected chi connectivity index (χ2v) is 6.01. The molecular weight excluding hydrogens is 255 g/mol. The summed E-state index contributed by atoms with van der Waals surface area (Å²) in [6.07, 6.45) is 1.70. The number of benzene rings is 1. The molecule has 100 valence electrons. The molecule has 0 unspecified atom stereocenters. The van der Waals surface area contributed by atoms with E-state index in [0.717, 1.165) is 17.7 Å². The summed E-state index contributed by atoms with van der Waals surface area (Å²) in [5.41, 5.74) is 7.32. The molecule has 1 aromatic rings. The Kier molecular flexibility index (Phi) is 4.48. The lowest BCUT2D eigenvalue weighted by Gasteiger charge is -2.08. The quantitative estimate of drug-likeness (QED) is 0.650. The summed E-state index contributed by atoms with van der Waals surface area (Å²) in [4.78, 5) is -0.423. The molecule has 0 aliphatic rings. The molecule has 0 heterocycles. The maximum absolute atomic E-state index is 13.6. The summed E-state index contributed by atoms with van der Waals surface area (Å²) >= 11 is 0. The van der Waals surface area contributed by atoms with Crippen molar-refractivity contribution < 1.29 is 12.8 Å². The van der Waals surface area contributed by atoms with E-state index < -0.39 is 20.7 Å². The molecule has 4 nitrogen and oxygen atoms in total. The SMILES string of the molecule is CC(C)=CCNS(=O)(=O)c1cc(N)c(C)cc1F. The fraction of sp³-hybridized carbons (Fsp3) is 0.333. The highest BCUT2D eigenvalue weighted by molar-refractivity contribution is 7.89.